The highest BCUT2D eigenvalue weighted by molar-refractivity contribution is 9.10. The molecule has 2 rings (SSSR count). The summed E-state index contributed by atoms with van der Waals surface area (Å²) in [5.74, 6) is -0.574. The zero-order valence-corrected chi connectivity index (χ0v) is 11.4. The normalized spacial score (nSPS) is 10.4. The minimum atomic E-state index is -0.316. The first-order valence-corrected chi connectivity index (χ1v) is 6.29. The number of hydrogen-bond acceptors (Lipinski definition) is 1. The van der Waals surface area contributed by atoms with Crippen molar-refractivity contribution in [1.82, 2.24) is 0 Å². The standard InChI is InChI=1S/C14H12BrF2N/c1-9-6-12(16)4-2-10(9)8-18-14-5-3-11(15)7-13(14)17/h2-7,18H,8H2,1H3. The Kier molecular flexibility index (Phi) is 3.97. The van der Waals surface area contributed by atoms with Crippen LogP contribution in [0.5, 0.6) is 0 Å². The summed E-state index contributed by atoms with van der Waals surface area (Å²) >= 11 is 3.20. The third kappa shape index (κ3) is 3.07. The largest absolute Gasteiger partial charge is 0.379 e. The maximum absolute atomic E-state index is 13.6. The zero-order valence-electron chi connectivity index (χ0n) is 9.81. The summed E-state index contributed by atoms with van der Waals surface area (Å²) in [6.45, 7) is 2.29. The topological polar surface area (TPSA) is 12.0 Å². The minimum Gasteiger partial charge on any atom is -0.379 e. The van der Waals surface area contributed by atoms with Crippen molar-refractivity contribution < 1.29 is 8.78 Å². The van der Waals surface area contributed by atoms with Crippen LogP contribution in [-0.2, 0) is 6.54 Å². The highest BCUT2D eigenvalue weighted by atomic mass is 79.9. The predicted molar refractivity (Wildman–Crippen MR) is 72.6 cm³/mol. The van der Waals surface area contributed by atoms with Crippen molar-refractivity contribution in [2.45, 2.75) is 13.5 Å². The van der Waals surface area contributed by atoms with Gasteiger partial charge in [0.2, 0.25) is 0 Å². The van der Waals surface area contributed by atoms with Gasteiger partial charge in [0.15, 0.2) is 0 Å². The molecule has 0 aliphatic carbocycles. The molecule has 2 aromatic carbocycles. The Morgan fingerprint density at radius 2 is 1.89 bits per heavy atom. The fourth-order valence-electron chi connectivity index (χ4n) is 1.68. The van der Waals surface area contributed by atoms with Crippen LogP contribution in [0.1, 0.15) is 11.1 Å². The van der Waals surface area contributed by atoms with Crippen LogP contribution >= 0.6 is 15.9 Å². The van der Waals surface area contributed by atoms with Gasteiger partial charge in [-0.25, -0.2) is 8.78 Å². The van der Waals surface area contributed by atoms with E-state index in [0.717, 1.165) is 11.1 Å². The summed E-state index contributed by atoms with van der Waals surface area (Å²) in [7, 11) is 0. The molecule has 4 heteroatoms. The van der Waals surface area contributed by atoms with Crippen molar-refractivity contribution in [1.29, 1.82) is 0 Å². The number of hydrogen-bond donors (Lipinski definition) is 1. The Hall–Kier alpha value is -1.42. The first kappa shape index (κ1) is 13.0. The second-order valence-electron chi connectivity index (χ2n) is 4.05. The van der Waals surface area contributed by atoms with Gasteiger partial charge in [-0.3, -0.25) is 0 Å². The maximum atomic E-state index is 13.6. The molecule has 0 amide bonds. The first-order chi connectivity index (χ1) is 8.56. The molecule has 18 heavy (non-hydrogen) atoms. The van der Waals surface area contributed by atoms with Crippen LogP contribution in [0.25, 0.3) is 0 Å². The molecule has 0 spiro atoms. The Labute approximate surface area is 113 Å². The van der Waals surface area contributed by atoms with E-state index in [9.17, 15) is 8.78 Å². The van der Waals surface area contributed by atoms with Crippen LogP contribution in [0.3, 0.4) is 0 Å². The molecule has 0 fully saturated rings. The van der Waals surface area contributed by atoms with E-state index in [-0.39, 0.29) is 11.6 Å². The van der Waals surface area contributed by atoms with Crippen LogP contribution in [0.2, 0.25) is 0 Å². The lowest BCUT2D eigenvalue weighted by atomic mass is 10.1. The highest BCUT2D eigenvalue weighted by Crippen LogP contribution is 2.20. The minimum absolute atomic E-state index is 0.258. The number of rotatable bonds is 3. The smallest absolute Gasteiger partial charge is 0.147 e. The summed E-state index contributed by atoms with van der Waals surface area (Å²) in [5, 5.41) is 3.00. The number of halogens is 3. The molecule has 0 bridgehead atoms. The van der Waals surface area contributed by atoms with Gasteiger partial charge in [-0.15, -0.1) is 0 Å². The molecule has 94 valence electrons. The second-order valence-corrected chi connectivity index (χ2v) is 4.96. The van der Waals surface area contributed by atoms with Gasteiger partial charge in [0.1, 0.15) is 11.6 Å². The fourth-order valence-corrected chi connectivity index (χ4v) is 2.01. The third-order valence-electron chi connectivity index (χ3n) is 2.71. The first-order valence-electron chi connectivity index (χ1n) is 5.50. The number of nitrogens with one attached hydrogen (secondary N) is 1. The van der Waals surface area contributed by atoms with Crippen LogP contribution in [0.4, 0.5) is 14.5 Å². The van der Waals surface area contributed by atoms with Crippen molar-refractivity contribution in [3.05, 3.63) is 63.6 Å². The Balaban J connectivity index is 2.11. The zero-order chi connectivity index (χ0) is 13.1. The van der Waals surface area contributed by atoms with E-state index in [1.54, 1.807) is 18.2 Å². The molecule has 0 radical (unpaired) electrons. The van der Waals surface area contributed by atoms with Gasteiger partial charge in [0.05, 0.1) is 5.69 Å². The molecule has 0 heterocycles. The summed E-state index contributed by atoms with van der Waals surface area (Å²) in [4.78, 5) is 0. The average Bonchev–Trinajstić information content (AvgIpc) is 2.30. The van der Waals surface area contributed by atoms with Crippen molar-refractivity contribution in [2.75, 3.05) is 5.32 Å². The van der Waals surface area contributed by atoms with Gasteiger partial charge in [0.25, 0.3) is 0 Å². The van der Waals surface area contributed by atoms with Crippen LogP contribution < -0.4 is 5.32 Å². The summed E-state index contributed by atoms with van der Waals surface area (Å²) in [5.41, 5.74) is 2.22. The average molecular weight is 312 g/mol. The monoisotopic (exact) mass is 311 g/mol. The highest BCUT2D eigenvalue weighted by Gasteiger charge is 2.04. The number of anilines is 1. The number of benzene rings is 2. The van der Waals surface area contributed by atoms with Gasteiger partial charge < -0.3 is 5.32 Å². The van der Waals surface area contributed by atoms with E-state index in [2.05, 4.69) is 21.2 Å². The summed E-state index contributed by atoms with van der Waals surface area (Å²) in [6.07, 6.45) is 0. The fraction of sp³-hybridized carbons (Fsp3) is 0.143. The predicted octanol–water partition coefficient (Wildman–Crippen LogP) is 4.65. The van der Waals surface area contributed by atoms with E-state index >= 15 is 0 Å². The van der Waals surface area contributed by atoms with Gasteiger partial charge >= 0.3 is 0 Å². The molecule has 0 atom stereocenters. The van der Waals surface area contributed by atoms with Crippen LogP contribution in [0.15, 0.2) is 40.9 Å². The Morgan fingerprint density at radius 3 is 2.56 bits per heavy atom. The van der Waals surface area contributed by atoms with Gasteiger partial charge in [-0.05, 0) is 48.4 Å². The maximum Gasteiger partial charge on any atom is 0.147 e. The molecular formula is C14H12BrF2N. The molecule has 0 aliphatic rings. The lowest BCUT2D eigenvalue weighted by Crippen LogP contribution is -2.03. The molecule has 0 saturated heterocycles. The van der Waals surface area contributed by atoms with Gasteiger partial charge in [-0.1, -0.05) is 22.0 Å². The van der Waals surface area contributed by atoms with Gasteiger partial charge in [0, 0.05) is 11.0 Å². The van der Waals surface area contributed by atoms with Crippen LogP contribution in [0, 0.1) is 18.6 Å². The summed E-state index contributed by atoms with van der Waals surface area (Å²) in [6, 6.07) is 9.41. The molecular weight excluding hydrogens is 300 g/mol. The molecule has 1 N–H and O–H groups in total. The van der Waals surface area contributed by atoms with E-state index in [4.69, 9.17) is 0 Å². The van der Waals surface area contributed by atoms with E-state index in [1.807, 2.05) is 6.92 Å². The van der Waals surface area contributed by atoms with Gasteiger partial charge in [-0.2, -0.15) is 0 Å². The molecule has 0 saturated carbocycles. The lowest BCUT2D eigenvalue weighted by Gasteiger charge is -2.10. The van der Waals surface area contributed by atoms with E-state index in [0.29, 0.717) is 16.7 Å². The molecule has 2 aromatic rings. The molecule has 0 unspecified atom stereocenters. The van der Waals surface area contributed by atoms with E-state index in [1.165, 1.54) is 18.2 Å². The second kappa shape index (κ2) is 5.48. The quantitative estimate of drug-likeness (QED) is 0.870. The number of aryl methyl sites for hydroxylation is 1. The van der Waals surface area contributed by atoms with Crippen molar-refractivity contribution >= 4 is 21.6 Å². The lowest BCUT2D eigenvalue weighted by molar-refractivity contribution is 0.624. The molecule has 0 aromatic heterocycles. The van der Waals surface area contributed by atoms with E-state index < -0.39 is 0 Å². The Bertz CT molecular complexity index is 518. The third-order valence-corrected chi connectivity index (χ3v) is 3.20. The van der Waals surface area contributed by atoms with Crippen molar-refractivity contribution in [3.8, 4) is 0 Å². The Morgan fingerprint density at radius 1 is 1.11 bits per heavy atom. The SMILES string of the molecule is Cc1cc(F)ccc1CNc1ccc(Br)cc1F. The molecule has 1 nitrogen and oxygen atoms in total. The molecule has 0 aliphatic heterocycles. The van der Waals surface area contributed by atoms with Crippen molar-refractivity contribution in [2.24, 2.45) is 0 Å². The van der Waals surface area contributed by atoms with Crippen LogP contribution in [-0.4, -0.2) is 0 Å². The summed E-state index contributed by atoms with van der Waals surface area (Å²) < 4.78 is 27.2. The van der Waals surface area contributed by atoms with Crippen molar-refractivity contribution in [3.63, 3.8) is 0 Å².